The predicted molar refractivity (Wildman–Crippen MR) is 163 cm³/mol. The molecule has 2 aromatic carbocycles. The number of hydrogen-bond donors (Lipinski definition) is 4. The average molecular weight is 562 g/mol. The summed E-state index contributed by atoms with van der Waals surface area (Å²) in [6, 6.07) is 15.1. The Balaban J connectivity index is 0.00000113. The maximum atomic E-state index is 13.7. The summed E-state index contributed by atoms with van der Waals surface area (Å²) in [5, 5.41) is 17.7. The molecule has 1 aliphatic carbocycles. The molecule has 3 aromatic rings. The number of rotatable bonds is 5. The second-order valence-corrected chi connectivity index (χ2v) is 10.1. The van der Waals surface area contributed by atoms with E-state index in [-0.39, 0.29) is 11.1 Å². The van der Waals surface area contributed by atoms with Gasteiger partial charge in [0, 0.05) is 76.0 Å². The molecule has 8 nitrogen and oxygen atoms in total. The van der Waals surface area contributed by atoms with E-state index in [4.69, 9.17) is 4.74 Å². The van der Waals surface area contributed by atoms with Gasteiger partial charge in [0.1, 0.15) is 0 Å². The molecule has 1 atom stereocenters. The fraction of sp³-hybridized carbons (Fsp3) is 0.147. The lowest BCUT2D eigenvalue weighted by atomic mass is 9.95. The lowest BCUT2D eigenvalue weighted by molar-refractivity contribution is -0.155. The highest BCUT2D eigenvalue weighted by molar-refractivity contribution is 6.44. The molecule has 42 heavy (non-hydrogen) atoms. The van der Waals surface area contributed by atoms with E-state index >= 15 is 0 Å². The number of ketones is 2. The molecular formula is C34H31N3O5. The molecule has 0 saturated carbocycles. The number of anilines is 1. The van der Waals surface area contributed by atoms with Crippen molar-refractivity contribution in [3.63, 3.8) is 0 Å². The summed E-state index contributed by atoms with van der Waals surface area (Å²) >= 11 is 0. The van der Waals surface area contributed by atoms with Crippen molar-refractivity contribution in [3.8, 4) is 0 Å². The highest BCUT2D eigenvalue weighted by Crippen LogP contribution is 2.40. The van der Waals surface area contributed by atoms with E-state index in [1.54, 1.807) is 31.6 Å². The minimum absolute atomic E-state index is 0.175. The Morgan fingerprint density at radius 2 is 1.69 bits per heavy atom. The van der Waals surface area contributed by atoms with Crippen molar-refractivity contribution in [2.75, 3.05) is 5.32 Å². The molecule has 0 bridgehead atoms. The summed E-state index contributed by atoms with van der Waals surface area (Å²) in [5.41, 5.74) is 5.91. The van der Waals surface area contributed by atoms with Gasteiger partial charge in [0.2, 0.25) is 23.4 Å². The first-order valence-electron chi connectivity index (χ1n) is 13.5. The van der Waals surface area contributed by atoms with E-state index in [2.05, 4.69) is 28.8 Å². The Morgan fingerprint density at radius 3 is 2.43 bits per heavy atom. The first-order chi connectivity index (χ1) is 20.2. The number of aromatic amines is 1. The van der Waals surface area contributed by atoms with Gasteiger partial charge in [0.25, 0.3) is 0 Å². The van der Waals surface area contributed by atoms with Crippen LogP contribution in [0.4, 0.5) is 5.69 Å². The largest absolute Gasteiger partial charge is 0.502 e. The number of aliphatic hydroxyl groups is 1. The summed E-state index contributed by atoms with van der Waals surface area (Å²) in [7, 11) is 0. The van der Waals surface area contributed by atoms with Crippen LogP contribution in [0.1, 0.15) is 31.4 Å². The average Bonchev–Trinajstić information content (AvgIpc) is 3.68. The van der Waals surface area contributed by atoms with Gasteiger partial charge in [-0.3, -0.25) is 9.59 Å². The fourth-order valence-corrected chi connectivity index (χ4v) is 5.23. The van der Waals surface area contributed by atoms with Crippen LogP contribution in [0.2, 0.25) is 0 Å². The Morgan fingerprint density at radius 1 is 1.00 bits per heavy atom. The lowest BCUT2D eigenvalue weighted by Crippen LogP contribution is -2.31. The summed E-state index contributed by atoms with van der Waals surface area (Å²) in [6.45, 7) is 10.7. The minimum atomic E-state index is -1.71. The van der Waals surface area contributed by atoms with Crippen LogP contribution in [-0.4, -0.2) is 33.7 Å². The predicted octanol–water partition coefficient (Wildman–Crippen LogP) is 5.95. The van der Waals surface area contributed by atoms with Crippen molar-refractivity contribution < 1.29 is 24.2 Å². The second-order valence-electron chi connectivity index (χ2n) is 10.1. The number of aromatic nitrogens is 1. The number of allylic oxidation sites excluding steroid dienone is 4. The first kappa shape index (κ1) is 28.2. The Kier molecular flexibility index (Phi) is 7.80. The van der Waals surface area contributed by atoms with Gasteiger partial charge in [-0.05, 0) is 42.7 Å². The van der Waals surface area contributed by atoms with E-state index in [1.165, 1.54) is 0 Å². The van der Waals surface area contributed by atoms with Gasteiger partial charge >= 0.3 is 5.97 Å². The molecule has 0 amide bonds. The number of ether oxygens (including phenoxy) is 1. The van der Waals surface area contributed by atoms with Crippen molar-refractivity contribution in [1.29, 1.82) is 0 Å². The first-order valence-corrected chi connectivity index (χ1v) is 13.5. The van der Waals surface area contributed by atoms with Crippen molar-refractivity contribution in [2.45, 2.75) is 32.8 Å². The highest BCUT2D eigenvalue weighted by atomic mass is 16.6. The number of H-pyrrole nitrogens is 1. The van der Waals surface area contributed by atoms with Crippen molar-refractivity contribution >= 4 is 39.7 Å². The molecule has 0 saturated heterocycles. The third-order valence-corrected chi connectivity index (χ3v) is 7.31. The molecule has 2 aliphatic heterocycles. The van der Waals surface area contributed by atoms with Crippen LogP contribution in [0.15, 0.2) is 120 Å². The number of fused-ring (bicyclic) bond motifs is 2. The summed E-state index contributed by atoms with van der Waals surface area (Å²) in [4.78, 5) is 43.5. The van der Waals surface area contributed by atoms with Gasteiger partial charge in [-0.2, -0.15) is 0 Å². The normalized spacial score (nSPS) is 18.2. The SMILES string of the molecule is C=C1CC(C2=C(c3c[nH]c4ccccc34)C(=O)C(OC(=O)/C(O)=C(\C)C3=CNc4ccccc4C3)C2=O)=CN1.C=CC. The highest BCUT2D eigenvalue weighted by Gasteiger charge is 2.46. The van der Waals surface area contributed by atoms with E-state index in [0.717, 1.165) is 22.2 Å². The number of esters is 1. The number of nitrogens with one attached hydrogen (secondary N) is 3. The summed E-state index contributed by atoms with van der Waals surface area (Å²) < 4.78 is 5.42. The Labute approximate surface area is 243 Å². The second kappa shape index (κ2) is 11.6. The van der Waals surface area contributed by atoms with Crippen molar-refractivity contribution in [1.82, 2.24) is 10.3 Å². The van der Waals surface area contributed by atoms with E-state index < -0.39 is 29.4 Å². The number of para-hydroxylation sites is 2. The standard InChI is InChI=1S/C31H25N3O5.C3H6/c1-16-11-20(14-32-16)25-26(22-15-34-24-10-6-4-8-21(22)24)29(37)30(28(25)36)39-31(38)27(35)17(2)19-12-18-7-3-5-9-23(18)33-13-19;1-3-2/h3-10,13-15,30,32-35H,1,11-12H2,2H3;3H,1H2,2H3/b27-17-;. The molecular weight excluding hydrogens is 530 g/mol. The van der Waals surface area contributed by atoms with Gasteiger partial charge in [0.05, 0.1) is 0 Å². The number of hydrogen-bond acceptors (Lipinski definition) is 7. The van der Waals surface area contributed by atoms with Crippen molar-refractivity contribution in [2.24, 2.45) is 0 Å². The van der Waals surface area contributed by atoms with Crippen LogP contribution in [0.25, 0.3) is 16.5 Å². The lowest BCUT2D eigenvalue weighted by Gasteiger charge is -2.19. The van der Waals surface area contributed by atoms with Crippen LogP contribution in [-0.2, 0) is 25.5 Å². The number of carbonyl (C=O) groups excluding carboxylic acids is 3. The van der Waals surface area contributed by atoms with E-state index in [0.29, 0.717) is 40.8 Å². The zero-order valence-corrected chi connectivity index (χ0v) is 23.4. The molecule has 1 aromatic heterocycles. The summed E-state index contributed by atoms with van der Waals surface area (Å²) in [5.74, 6) is -3.06. The zero-order chi connectivity index (χ0) is 30.0. The maximum absolute atomic E-state index is 13.7. The van der Waals surface area contributed by atoms with Gasteiger partial charge < -0.3 is 25.5 Å². The smallest absolute Gasteiger partial charge is 0.374 e. The molecule has 4 N–H and O–H groups in total. The molecule has 0 radical (unpaired) electrons. The number of benzene rings is 2. The number of aliphatic hydroxyl groups excluding tert-OH is 1. The molecule has 3 heterocycles. The Hall–Kier alpha value is -5.37. The quantitative estimate of drug-likeness (QED) is 0.0999. The molecule has 8 heteroatoms. The molecule has 6 rings (SSSR count). The molecule has 3 aliphatic rings. The van der Waals surface area contributed by atoms with Crippen LogP contribution >= 0.6 is 0 Å². The van der Waals surface area contributed by atoms with Crippen LogP contribution < -0.4 is 10.6 Å². The molecule has 1 unspecified atom stereocenters. The van der Waals surface area contributed by atoms with Crippen molar-refractivity contribution in [3.05, 3.63) is 131 Å². The van der Waals surface area contributed by atoms with Crippen LogP contribution in [0.5, 0.6) is 0 Å². The number of Topliss-reactive ketones (excluding diaryl/α,β-unsaturated/α-hetero) is 2. The molecule has 0 fully saturated rings. The minimum Gasteiger partial charge on any atom is -0.502 e. The zero-order valence-electron chi connectivity index (χ0n) is 23.4. The fourth-order valence-electron chi connectivity index (χ4n) is 5.23. The maximum Gasteiger partial charge on any atom is 0.374 e. The molecule has 0 spiro atoms. The van der Waals surface area contributed by atoms with E-state index in [1.807, 2.05) is 55.5 Å². The summed E-state index contributed by atoms with van der Waals surface area (Å²) in [6.07, 6.45) is 5.93. The monoisotopic (exact) mass is 561 g/mol. The van der Waals surface area contributed by atoms with Crippen LogP contribution in [0, 0.1) is 0 Å². The molecule has 212 valence electrons. The van der Waals surface area contributed by atoms with E-state index in [9.17, 15) is 19.5 Å². The van der Waals surface area contributed by atoms with Gasteiger partial charge in [-0.25, -0.2) is 4.79 Å². The Bertz CT molecular complexity index is 1780. The van der Waals surface area contributed by atoms with Gasteiger partial charge in [0.15, 0.2) is 0 Å². The topological polar surface area (TPSA) is 121 Å². The third-order valence-electron chi connectivity index (χ3n) is 7.31. The number of carbonyl (C=O) groups is 3. The van der Waals surface area contributed by atoms with Gasteiger partial charge in [-0.1, -0.05) is 49.1 Å². The third kappa shape index (κ3) is 5.10. The van der Waals surface area contributed by atoms with Crippen LogP contribution in [0.3, 0.4) is 0 Å². The van der Waals surface area contributed by atoms with Gasteiger partial charge in [-0.15, -0.1) is 6.58 Å².